The van der Waals surface area contributed by atoms with E-state index in [4.69, 9.17) is 28.3 Å². The number of anilines is 1. The van der Waals surface area contributed by atoms with Gasteiger partial charge in [0, 0.05) is 0 Å². The van der Waals surface area contributed by atoms with E-state index in [9.17, 15) is 4.79 Å². The van der Waals surface area contributed by atoms with Crippen LogP contribution in [0.4, 0.5) is 5.69 Å². The Hall–Kier alpha value is -1.46. The maximum atomic E-state index is 10.1. The van der Waals surface area contributed by atoms with Crippen LogP contribution in [0.3, 0.4) is 0 Å². The Morgan fingerprint density at radius 1 is 1.44 bits per heavy atom. The number of carboxylic acid groups (broad SMARTS) is 1. The molecule has 0 aliphatic carbocycles. The maximum absolute atomic E-state index is 10.1. The molecule has 0 amide bonds. The molecule has 0 spiro atoms. The van der Waals surface area contributed by atoms with E-state index in [0.717, 1.165) is 0 Å². The molecular formula is C9H9Cl2N3O2. The van der Waals surface area contributed by atoms with Crippen molar-refractivity contribution < 1.29 is 9.90 Å². The van der Waals surface area contributed by atoms with Crippen molar-refractivity contribution in [1.29, 1.82) is 0 Å². The average Bonchev–Trinajstić information content (AvgIpc) is 2.21. The number of benzene rings is 1. The van der Waals surface area contributed by atoms with Crippen LogP contribution in [0.15, 0.2) is 23.2 Å². The van der Waals surface area contributed by atoms with Crippen molar-refractivity contribution in [3.05, 3.63) is 28.2 Å². The Kier molecular flexibility index (Phi) is 4.88. The first-order valence-electron chi connectivity index (χ1n) is 4.27. The lowest BCUT2D eigenvalue weighted by Crippen LogP contribution is -2.20. The van der Waals surface area contributed by atoms with E-state index in [-0.39, 0.29) is 6.54 Å². The molecule has 0 aliphatic heterocycles. The average molecular weight is 262 g/mol. The SMILES string of the molecule is O=C(O)CN=CNNc1c(Cl)cccc1Cl. The Labute approximate surface area is 102 Å². The lowest BCUT2D eigenvalue weighted by Gasteiger charge is -2.08. The molecule has 1 rings (SSSR count). The highest BCUT2D eigenvalue weighted by atomic mass is 35.5. The number of halogens is 2. The van der Waals surface area contributed by atoms with Gasteiger partial charge in [-0.05, 0) is 12.1 Å². The highest BCUT2D eigenvalue weighted by molar-refractivity contribution is 6.39. The fraction of sp³-hybridized carbons (Fsp3) is 0.111. The predicted molar refractivity (Wildman–Crippen MR) is 64.2 cm³/mol. The van der Waals surface area contributed by atoms with Crippen molar-refractivity contribution in [2.45, 2.75) is 0 Å². The normalized spacial score (nSPS) is 10.4. The third kappa shape index (κ3) is 3.96. The summed E-state index contributed by atoms with van der Waals surface area (Å²) in [4.78, 5) is 13.7. The Bertz CT molecular complexity index is 389. The van der Waals surface area contributed by atoms with Crippen molar-refractivity contribution in [2.24, 2.45) is 4.99 Å². The van der Waals surface area contributed by atoms with Gasteiger partial charge in [-0.2, -0.15) is 0 Å². The van der Waals surface area contributed by atoms with Crippen LogP contribution in [-0.4, -0.2) is 24.0 Å². The summed E-state index contributed by atoms with van der Waals surface area (Å²) < 4.78 is 0. The van der Waals surface area contributed by atoms with Gasteiger partial charge in [0.1, 0.15) is 12.9 Å². The minimum Gasteiger partial charge on any atom is -0.480 e. The van der Waals surface area contributed by atoms with Gasteiger partial charge in [-0.3, -0.25) is 20.6 Å². The van der Waals surface area contributed by atoms with Gasteiger partial charge in [-0.25, -0.2) is 0 Å². The van der Waals surface area contributed by atoms with E-state index < -0.39 is 5.97 Å². The highest BCUT2D eigenvalue weighted by Crippen LogP contribution is 2.28. The lowest BCUT2D eigenvalue weighted by molar-refractivity contribution is -0.135. The molecule has 0 aliphatic rings. The summed E-state index contributed by atoms with van der Waals surface area (Å²) in [6.45, 7) is -0.301. The second-order valence-corrected chi connectivity index (χ2v) is 3.54. The number of nitrogens with zero attached hydrogens (tertiary/aromatic N) is 1. The number of rotatable bonds is 5. The molecule has 1 aromatic carbocycles. The smallest absolute Gasteiger partial charge is 0.325 e. The van der Waals surface area contributed by atoms with Crippen LogP contribution in [0.5, 0.6) is 0 Å². The number of carboxylic acids is 1. The third-order valence-corrected chi connectivity index (χ3v) is 2.17. The zero-order valence-electron chi connectivity index (χ0n) is 8.08. The fourth-order valence-electron chi connectivity index (χ4n) is 0.891. The van der Waals surface area contributed by atoms with E-state index in [2.05, 4.69) is 15.8 Å². The summed E-state index contributed by atoms with van der Waals surface area (Å²) in [6.07, 6.45) is 1.22. The molecule has 0 saturated carbocycles. The standard InChI is InChI=1S/C9H9Cl2N3O2/c10-6-2-1-3-7(11)9(6)14-13-5-12-4-8(15)16/h1-3,5,14H,4H2,(H,12,13)(H,15,16). The van der Waals surface area contributed by atoms with Crippen LogP contribution < -0.4 is 10.9 Å². The minimum atomic E-state index is -1.01. The monoisotopic (exact) mass is 261 g/mol. The second-order valence-electron chi connectivity index (χ2n) is 2.73. The number of carbonyl (C=O) groups is 1. The van der Waals surface area contributed by atoms with Gasteiger partial charge < -0.3 is 5.11 Å². The zero-order valence-corrected chi connectivity index (χ0v) is 9.59. The molecule has 0 unspecified atom stereocenters. The summed E-state index contributed by atoms with van der Waals surface area (Å²) in [5.41, 5.74) is 5.77. The van der Waals surface area contributed by atoms with E-state index in [1.54, 1.807) is 18.2 Å². The van der Waals surface area contributed by atoms with Crippen LogP contribution in [0, 0.1) is 0 Å². The molecule has 7 heteroatoms. The number of nitrogens with one attached hydrogen (secondary N) is 2. The van der Waals surface area contributed by atoms with Crippen molar-refractivity contribution in [3.8, 4) is 0 Å². The van der Waals surface area contributed by atoms with Crippen molar-refractivity contribution in [1.82, 2.24) is 5.43 Å². The Morgan fingerprint density at radius 2 is 2.06 bits per heavy atom. The molecule has 0 atom stereocenters. The Morgan fingerprint density at radius 3 is 2.62 bits per heavy atom. The molecule has 0 radical (unpaired) electrons. The van der Waals surface area contributed by atoms with Crippen LogP contribution in [0.25, 0.3) is 0 Å². The molecule has 86 valence electrons. The zero-order chi connectivity index (χ0) is 12.0. The first kappa shape index (κ1) is 12.6. The molecule has 3 N–H and O–H groups in total. The van der Waals surface area contributed by atoms with Crippen LogP contribution in [0.2, 0.25) is 10.0 Å². The first-order chi connectivity index (χ1) is 7.61. The summed E-state index contributed by atoms with van der Waals surface area (Å²) in [5.74, 6) is -1.01. The van der Waals surface area contributed by atoms with Gasteiger partial charge >= 0.3 is 5.97 Å². The molecule has 5 nitrogen and oxygen atoms in total. The number of para-hydroxylation sites is 1. The molecular weight excluding hydrogens is 253 g/mol. The predicted octanol–water partition coefficient (Wildman–Crippen LogP) is 2.02. The number of aliphatic imine (C=N–C) groups is 1. The van der Waals surface area contributed by atoms with Crippen molar-refractivity contribution >= 4 is 41.2 Å². The number of hydrazine groups is 1. The van der Waals surface area contributed by atoms with Crippen LogP contribution in [0.1, 0.15) is 0 Å². The summed E-state index contributed by atoms with van der Waals surface area (Å²) in [6, 6.07) is 5.06. The lowest BCUT2D eigenvalue weighted by atomic mass is 10.3. The number of hydrogen-bond donors (Lipinski definition) is 3. The van der Waals surface area contributed by atoms with Gasteiger partial charge in [-0.1, -0.05) is 29.3 Å². The van der Waals surface area contributed by atoms with Gasteiger partial charge in [0.05, 0.1) is 15.7 Å². The largest absolute Gasteiger partial charge is 0.480 e. The molecule has 0 bridgehead atoms. The summed E-state index contributed by atoms with van der Waals surface area (Å²) in [7, 11) is 0. The van der Waals surface area contributed by atoms with E-state index in [0.29, 0.717) is 15.7 Å². The van der Waals surface area contributed by atoms with Gasteiger partial charge in [-0.15, -0.1) is 0 Å². The van der Waals surface area contributed by atoms with E-state index in [1.807, 2.05) is 0 Å². The van der Waals surface area contributed by atoms with Crippen molar-refractivity contribution in [3.63, 3.8) is 0 Å². The Balaban J connectivity index is 2.49. The first-order valence-corrected chi connectivity index (χ1v) is 5.02. The quantitative estimate of drug-likeness (QED) is 0.431. The van der Waals surface area contributed by atoms with E-state index in [1.165, 1.54) is 6.34 Å². The summed E-state index contributed by atoms with van der Waals surface area (Å²) >= 11 is 11.7. The highest BCUT2D eigenvalue weighted by Gasteiger charge is 2.02. The number of aliphatic carboxylic acids is 1. The minimum absolute atomic E-state index is 0.301. The topological polar surface area (TPSA) is 73.7 Å². The molecule has 0 aromatic heterocycles. The van der Waals surface area contributed by atoms with Gasteiger partial charge in [0.15, 0.2) is 0 Å². The second kappa shape index (κ2) is 6.19. The fourth-order valence-corrected chi connectivity index (χ4v) is 1.38. The van der Waals surface area contributed by atoms with Crippen molar-refractivity contribution in [2.75, 3.05) is 12.0 Å². The third-order valence-electron chi connectivity index (χ3n) is 1.54. The van der Waals surface area contributed by atoms with Crippen LogP contribution >= 0.6 is 23.2 Å². The molecule has 1 aromatic rings. The molecule has 16 heavy (non-hydrogen) atoms. The van der Waals surface area contributed by atoms with Crippen LogP contribution in [-0.2, 0) is 4.79 Å². The molecule has 0 saturated heterocycles. The molecule has 0 heterocycles. The van der Waals surface area contributed by atoms with Gasteiger partial charge in [0.2, 0.25) is 0 Å². The molecule has 0 fully saturated rings. The summed E-state index contributed by atoms with van der Waals surface area (Å²) in [5, 5.41) is 9.22. The van der Waals surface area contributed by atoms with Gasteiger partial charge in [0.25, 0.3) is 0 Å². The maximum Gasteiger partial charge on any atom is 0.325 e. The van der Waals surface area contributed by atoms with E-state index >= 15 is 0 Å². The number of hydrogen-bond acceptors (Lipinski definition) is 3.